The first-order valence-corrected chi connectivity index (χ1v) is 13.3. The monoisotopic (exact) mass is 628 g/mol. The zero-order chi connectivity index (χ0) is 25.9. The van der Waals surface area contributed by atoms with Gasteiger partial charge in [-0.2, -0.15) is 0 Å². The molecule has 3 N–H and O–H groups in total. The Morgan fingerprint density at radius 3 is 2.47 bits per heavy atom. The van der Waals surface area contributed by atoms with Crippen molar-refractivity contribution in [2.24, 2.45) is 0 Å². The Morgan fingerprint density at radius 1 is 1.08 bits per heavy atom. The molecule has 1 unspecified atom stereocenters. The highest BCUT2D eigenvalue weighted by Gasteiger charge is 2.39. The summed E-state index contributed by atoms with van der Waals surface area (Å²) in [4.78, 5) is 12.6. The van der Waals surface area contributed by atoms with E-state index in [2.05, 4.69) is 10.0 Å². The number of hydrogen-bond acceptors (Lipinski definition) is 7. The lowest BCUT2D eigenvalue weighted by molar-refractivity contribution is -0.118. The molecule has 3 aromatic rings. The average molecular weight is 628 g/mol. The number of aliphatic hydroxyl groups is 1. The van der Waals surface area contributed by atoms with Crippen LogP contribution in [0.1, 0.15) is 18.4 Å². The topological polar surface area (TPSA) is 123 Å². The third-order valence-corrected chi connectivity index (χ3v) is 7.02. The Kier molecular flexibility index (Phi) is 7.57. The maximum Gasteiger partial charge on any atom is 0.462 e. The molecule has 0 aliphatic carbocycles. The Balaban J connectivity index is 1.56. The molecule has 0 spiro atoms. The number of rotatable bonds is 9. The van der Waals surface area contributed by atoms with Crippen molar-refractivity contribution in [2.75, 3.05) is 23.3 Å². The lowest BCUT2D eigenvalue weighted by Gasteiger charge is -2.17. The molecular weight excluding hydrogens is 606 g/mol. The SMILES string of the molecule is CCOc1cc(NC(=O)[C@@H](CO)c2ccccc2)ccc1S(=O)(=O)Nc1ccc2c(c1)OC(F)(I)O2. The summed E-state index contributed by atoms with van der Waals surface area (Å²) in [7, 11) is -4.14. The van der Waals surface area contributed by atoms with Gasteiger partial charge < -0.3 is 24.6 Å². The molecule has 4 rings (SSSR count). The second-order valence-electron chi connectivity index (χ2n) is 7.66. The zero-order valence-corrected chi connectivity index (χ0v) is 21.9. The van der Waals surface area contributed by atoms with Gasteiger partial charge in [-0.3, -0.25) is 9.52 Å². The van der Waals surface area contributed by atoms with Crippen LogP contribution in [0.4, 0.5) is 15.8 Å². The van der Waals surface area contributed by atoms with E-state index in [1.807, 2.05) is 0 Å². The van der Waals surface area contributed by atoms with Crippen LogP contribution in [0.15, 0.2) is 71.6 Å². The molecule has 0 bridgehead atoms. The van der Waals surface area contributed by atoms with Gasteiger partial charge >= 0.3 is 4.05 Å². The van der Waals surface area contributed by atoms with E-state index in [0.717, 1.165) is 0 Å². The number of benzene rings is 3. The van der Waals surface area contributed by atoms with Crippen molar-refractivity contribution in [3.63, 3.8) is 0 Å². The van der Waals surface area contributed by atoms with Crippen LogP contribution in [-0.2, 0) is 14.8 Å². The number of anilines is 2. The molecule has 0 saturated carbocycles. The number of carbonyl (C=O) groups is 1. The van der Waals surface area contributed by atoms with Crippen molar-refractivity contribution in [1.82, 2.24) is 0 Å². The number of alkyl halides is 2. The van der Waals surface area contributed by atoms with Crippen LogP contribution < -0.4 is 24.2 Å². The molecular formula is C24H22FIN2O7S. The number of halogens is 2. The lowest BCUT2D eigenvalue weighted by atomic mass is 9.99. The van der Waals surface area contributed by atoms with E-state index in [1.54, 1.807) is 37.3 Å². The van der Waals surface area contributed by atoms with Gasteiger partial charge in [0.15, 0.2) is 11.5 Å². The maximum atomic E-state index is 13.9. The number of sulfonamides is 1. The minimum Gasteiger partial charge on any atom is -0.492 e. The molecule has 1 aliphatic rings. The molecule has 9 nitrogen and oxygen atoms in total. The van der Waals surface area contributed by atoms with E-state index in [0.29, 0.717) is 11.3 Å². The van der Waals surface area contributed by atoms with Gasteiger partial charge in [-0.25, -0.2) is 8.42 Å². The second kappa shape index (κ2) is 10.5. The molecule has 36 heavy (non-hydrogen) atoms. The van der Waals surface area contributed by atoms with Gasteiger partial charge in [-0.05, 0) is 36.8 Å². The predicted molar refractivity (Wildman–Crippen MR) is 139 cm³/mol. The minimum atomic E-state index is -4.14. The Hall–Kier alpha value is -3.10. The van der Waals surface area contributed by atoms with Gasteiger partial charge in [0.25, 0.3) is 10.0 Å². The molecule has 0 saturated heterocycles. The molecule has 12 heteroatoms. The van der Waals surface area contributed by atoms with Crippen molar-refractivity contribution in [3.05, 3.63) is 72.3 Å². The van der Waals surface area contributed by atoms with E-state index in [-0.39, 0.29) is 34.4 Å². The summed E-state index contributed by atoms with van der Waals surface area (Å²) >= 11 is 1.33. The number of nitrogens with one attached hydrogen (secondary N) is 2. The fourth-order valence-corrected chi connectivity index (χ4v) is 5.20. The number of hydrogen-bond donors (Lipinski definition) is 3. The van der Waals surface area contributed by atoms with Gasteiger partial charge in [-0.15, -0.1) is 4.39 Å². The summed E-state index contributed by atoms with van der Waals surface area (Å²) in [5.41, 5.74) is 1.06. The van der Waals surface area contributed by atoms with Crippen LogP contribution in [0, 0.1) is 0 Å². The van der Waals surface area contributed by atoms with E-state index in [1.165, 1.54) is 59.0 Å². The highest BCUT2D eigenvalue weighted by atomic mass is 127. The first-order chi connectivity index (χ1) is 17.1. The Morgan fingerprint density at radius 2 is 1.78 bits per heavy atom. The highest BCUT2D eigenvalue weighted by molar-refractivity contribution is 14.1. The van der Waals surface area contributed by atoms with Crippen LogP contribution in [0.2, 0.25) is 0 Å². The number of aliphatic hydroxyl groups excluding tert-OH is 1. The molecule has 0 radical (unpaired) electrons. The maximum absolute atomic E-state index is 13.9. The largest absolute Gasteiger partial charge is 0.492 e. The summed E-state index contributed by atoms with van der Waals surface area (Å²) in [6.45, 7) is 1.46. The molecule has 3 aromatic carbocycles. The van der Waals surface area contributed by atoms with E-state index >= 15 is 0 Å². The third kappa shape index (κ3) is 5.82. The molecule has 1 aliphatic heterocycles. The molecule has 190 valence electrons. The summed E-state index contributed by atoms with van der Waals surface area (Å²) in [6, 6.07) is 17.0. The smallest absolute Gasteiger partial charge is 0.462 e. The second-order valence-corrected chi connectivity index (χ2v) is 10.6. The Labute approximate surface area is 220 Å². The molecule has 1 heterocycles. The van der Waals surface area contributed by atoms with Crippen molar-refractivity contribution in [2.45, 2.75) is 21.8 Å². The van der Waals surface area contributed by atoms with E-state index in [4.69, 9.17) is 14.2 Å². The fraction of sp³-hybridized carbons (Fsp3) is 0.208. The highest BCUT2D eigenvalue weighted by Crippen LogP contribution is 2.44. The summed E-state index contributed by atoms with van der Waals surface area (Å²) in [6.07, 6.45) is 0. The van der Waals surface area contributed by atoms with Gasteiger partial charge in [0, 0.05) is 17.8 Å². The third-order valence-electron chi connectivity index (χ3n) is 5.16. The number of ether oxygens (including phenoxy) is 3. The van der Waals surface area contributed by atoms with Crippen LogP contribution in [0.25, 0.3) is 0 Å². The van der Waals surface area contributed by atoms with Gasteiger partial charge in [-0.1, -0.05) is 30.3 Å². The molecule has 1 amide bonds. The number of carbonyl (C=O) groups excluding carboxylic acids is 1. The molecule has 0 fully saturated rings. The van der Waals surface area contributed by atoms with E-state index < -0.39 is 32.5 Å². The lowest BCUT2D eigenvalue weighted by Crippen LogP contribution is -2.24. The first-order valence-electron chi connectivity index (χ1n) is 10.8. The average Bonchev–Trinajstić information content (AvgIpc) is 3.13. The van der Waals surface area contributed by atoms with Crippen molar-refractivity contribution in [1.29, 1.82) is 0 Å². The quantitative estimate of drug-likeness (QED) is 0.237. The normalized spacial score (nSPS) is 17.3. The summed E-state index contributed by atoms with van der Waals surface area (Å²) < 4.78 is 55.8. The number of fused-ring (bicyclic) bond motifs is 1. The zero-order valence-electron chi connectivity index (χ0n) is 18.9. The van der Waals surface area contributed by atoms with Crippen LogP contribution in [0.3, 0.4) is 0 Å². The number of amides is 1. The summed E-state index contributed by atoms with van der Waals surface area (Å²) in [5.74, 6) is -1.06. The fourth-order valence-electron chi connectivity index (χ4n) is 3.55. The van der Waals surface area contributed by atoms with Gasteiger partial charge in [0.1, 0.15) is 10.6 Å². The van der Waals surface area contributed by atoms with Gasteiger partial charge in [0.05, 0.1) is 47.4 Å². The van der Waals surface area contributed by atoms with Crippen LogP contribution in [-0.4, -0.2) is 36.7 Å². The van der Waals surface area contributed by atoms with Gasteiger partial charge in [0.2, 0.25) is 5.91 Å². The minimum absolute atomic E-state index is 0.0128. The van der Waals surface area contributed by atoms with Crippen molar-refractivity contribution < 1.29 is 36.9 Å². The van der Waals surface area contributed by atoms with Crippen molar-refractivity contribution in [3.8, 4) is 17.2 Å². The van der Waals surface area contributed by atoms with Crippen LogP contribution in [0.5, 0.6) is 17.2 Å². The summed E-state index contributed by atoms with van der Waals surface area (Å²) in [5, 5.41) is 12.4. The molecule has 2 atom stereocenters. The Bertz CT molecular complexity index is 1370. The van der Waals surface area contributed by atoms with E-state index in [9.17, 15) is 22.7 Å². The first kappa shape index (κ1) is 26.0. The standard InChI is InChI=1S/C24H22FIN2O7S/c1-2-33-21-12-16(27-23(30)18(14-29)15-6-4-3-5-7-15)9-11-22(21)36(31,32)28-17-8-10-19-20(13-17)35-24(25,26)34-19/h3-13,18,28-29H,2,14H2,1H3,(H,27,30)/t18-,24?/m0/s1. The predicted octanol–water partition coefficient (Wildman–Crippen LogP) is 4.39. The van der Waals surface area contributed by atoms with Crippen molar-refractivity contribution >= 4 is 49.9 Å². The van der Waals surface area contributed by atoms with Crippen LogP contribution >= 0.6 is 22.6 Å². The molecule has 0 aromatic heterocycles.